The lowest BCUT2D eigenvalue weighted by Gasteiger charge is -2.59. The van der Waals surface area contributed by atoms with Crippen molar-refractivity contribution in [3.05, 3.63) is 47.5 Å². The third kappa shape index (κ3) is 3.84. The summed E-state index contributed by atoms with van der Waals surface area (Å²) < 4.78 is 0. The van der Waals surface area contributed by atoms with Gasteiger partial charge in [0, 0.05) is 40.7 Å². The SMILES string of the molecule is CC1(C)c2cc(N3C4CCC(CC4)N3C(C)(C)C)ccc2-c2ccc(N3C4CCC(CC4)N3C(C)(C)C)cc21. The van der Waals surface area contributed by atoms with Crippen LogP contribution in [0.2, 0.25) is 0 Å². The molecule has 0 atom stereocenters. The summed E-state index contributed by atoms with van der Waals surface area (Å²) >= 11 is 0. The van der Waals surface area contributed by atoms with Crippen molar-refractivity contribution in [2.75, 3.05) is 10.0 Å². The van der Waals surface area contributed by atoms with Crippen molar-refractivity contribution in [1.82, 2.24) is 10.0 Å². The van der Waals surface area contributed by atoms with Gasteiger partial charge in [-0.2, -0.15) is 0 Å². The minimum atomic E-state index is -0.0145. The van der Waals surface area contributed by atoms with Gasteiger partial charge in [0.05, 0.1) is 11.4 Å². The van der Waals surface area contributed by atoms with Gasteiger partial charge >= 0.3 is 0 Å². The Morgan fingerprint density at radius 1 is 0.538 bits per heavy atom. The molecule has 0 amide bonds. The largest absolute Gasteiger partial charge is 0.302 e. The molecule has 9 rings (SSSR count). The van der Waals surface area contributed by atoms with Crippen molar-refractivity contribution in [3.63, 3.8) is 0 Å². The van der Waals surface area contributed by atoms with Gasteiger partial charge in [-0.15, -0.1) is 0 Å². The van der Waals surface area contributed by atoms with Gasteiger partial charge in [-0.05, 0) is 139 Å². The van der Waals surface area contributed by atoms with Crippen LogP contribution >= 0.6 is 0 Å². The highest BCUT2D eigenvalue weighted by Gasteiger charge is 2.47. The van der Waals surface area contributed by atoms with Crippen LogP contribution in [0, 0.1) is 0 Å². The molecule has 0 N–H and O–H groups in total. The third-order valence-corrected chi connectivity index (χ3v) is 10.7. The Morgan fingerprint density at radius 2 is 0.872 bits per heavy atom. The molecule has 2 saturated carbocycles. The van der Waals surface area contributed by atoms with Gasteiger partial charge in [-0.25, -0.2) is 10.0 Å². The molecule has 3 aliphatic carbocycles. The molecule has 0 spiro atoms. The number of nitrogens with zero attached hydrogens (tertiary/aromatic N) is 4. The molecule has 4 bridgehead atoms. The zero-order valence-electron chi connectivity index (χ0n) is 25.7. The number of hydrogen-bond acceptors (Lipinski definition) is 4. The Bertz CT molecular complexity index is 1170. The average molecular weight is 527 g/mol. The normalized spacial score (nSPS) is 30.2. The molecule has 4 aliphatic heterocycles. The van der Waals surface area contributed by atoms with E-state index in [1.807, 2.05) is 0 Å². The van der Waals surface area contributed by atoms with E-state index in [0.29, 0.717) is 24.2 Å². The second kappa shape index (κ2) is 8.49. The maximum Gasteiger partial charge on any atom is 0.0529 e. The molecule has 0 aromatic heterocycles. The topological polar surface area (TPSA) is 13.0 Å². The van der Waals surface area contributed by atoms with Gasteiger partial charge < -0.3 is 10.0 Å². The van der Waals surface area contributed by atoms with Crippen molar-refractivity contribution in [2.45, 2.75) is 147 Å². The maximum absolute atomic E-state index is 2.73. The quantitative estimate of drug-likeness (QED) is 0.390. The number of fused-ring (bicyclic) bond motifs is 9. The minimum absolute atomic E-state index is 0.0145. The molecule has 0 unspecified atom stereocenters. The zero-order valence-corrected chi connectivity index (χ0v) is 25.7. The summed E-state index contributed by atoms with van der Waals surface area (Å²) in [6.45, 7) is 19.3. The summed E-state index contributed by atoms with van der Waals surface area (Å²) in [4.78, 5) is 0. The van der Waals surface area contributed by atoms with E-state index in [1.165, 1.54) is 85.0 Å². The molecule has 7 aliphatic rings. The molecule has 2 aromatic rings. The summed E-state index contributed by atoms with van der Waals surface area (Å²) in [7, 11) is 0. The molecule has 2 aromatic carbocycles. The van der Waals surface area contributed by atoms with Crippen LogP contribution in [-0.2, 0) is 5.41 Å². The van der Waals surface area contributed by atoms with Gasteiger partial charge in [0.25, 0.3) is 0 Å². The van der Waals surface area contributed by atoms with E-state index in [9.17, 15) is 0 Å². The molecule has 4 nitrogen and oxygen atoms in total. The van der Waals surface area contributed by atoms with E-state index in [0.717, 1.165) is 0 Å². The second-order valence-electron chi connectivity index (χ2n) is 15.7. The predicted octanol–water partition coefficient (Wildman–Crippen LogP) is 8.29. The van der Waals surface area contributed by atoms with Gasteiger partial charge in [-0.1, -0.05) is 26.0 Å². The first-order valence-corrected chi connectivity index (χ1v) is 15.8. The Morgan fingerprint density at radius 3 is 1.21 bits per heavy atom. The monoisotopic (exact) mass is 526 g/mol. The van der Waals surface area contributed by atoms with Crippen LogP contribution < -0.4 is 10.0 Å². The third-order valence-electron chi connectivity index (χ3n) is 10.7. The highest BCUT2D eigenvalue weighted by molar-refractivity contribution is 5.84. The number of hydrazine groups is 2. The Labute approximate surface area is 237 Å². The summed E-state index contributed by atoms with van der Waals surface area (Å²) in [6, 6.07) is 17.4. The molecule has 210 valence electrons. The lowest BCUT2D eigenvalue weighted by Crippen LogP contribution is -2.67. The van der Waals surface area contributed by atoms with Crippen LogP contribution in [0.4, 0.5) is 11.4 Å². The minimum Gasteiger partial charge on any atom is -0.302 e. The number of anilines is 2. The van der Waals surface area contributed by atoms with Crippen molar-refractivity contribution in [3.8, 4) is 11.1 Å². The molecule has 6 fully saturated rings. The molecule has 4 heterocycles. The second-order valence-corrected chi connectivity index (χ2v) is 15.7. The van der Waals surface area contributed by atoms with Crippen LogP contribution in [-0.4, -0.2) is 45.3 Å². The Balaban J connectivity index is 1.28. The van der Waals surface area contributed by atoms with Crippen LogP contribution in [0.15, 0.2) is 36.4 Å². The van der Waals surface area contributed by atoms with E-state index in [4.69, 9.17) is 0 Å². The lowest BCUT2D eigenvalue weighted by atomic mass is 9.81. The highest BCUT2D eigenvalue weighted by atomic mass is 15.7. The summed E-state index contributed by atoms with van der Waals surface area (Å²) in [5, 5.41) is 10.9. The van der Waals surface area contributed by atoms with Crippen molar-refractivity contribution in [1.29, 1.82) is 0 Å². The first kappa shape index (κ1) is 25.9. The van der Waals surface area contributed by atoms with Crippen LogP contribution in [0.25, 0.3) is 11.1 Å². The molecule has 4 heteroatoms. The summed E-state index contributed by atoms with van der Waals surface area (Å²) in [5.74, 6) is 0. The molecular formula is C35H50N4. The Hall–Kier alpha value is -2.04. The predicted molar refractivity (Wildman–Crippen MR) is 164 cm³/mol. The average Bonchev–Trinajstić information content (AvgIpc) is 3.13. The van der Waals surface area contributed by atoms with Gasteiger partial charge in [0.1, 0.15) is 0 Å². The smallest absolute Gasteiger partial charge is 0.0529 e. The van der Waals surface area contributed by atoms with Gasteiger partial charge in [0.15, 0.2) is 0 Å². The first-order chi connectivity index (χ1) is 18.4. The molecule has 0 radical (unpaired) electrons. The summed E-state index contributed by atoms with van der Waals surface area (Å²) in [6.07, 6.45) is 10.7. The molecule has 39 heavy (non-hydrogen) atoms. The van der Waals surface area contributed by atoms with Crippen LogP contribution in [0.5, 0.6) is 0 Å². The Kier molecular flexibility index (Phi) is 5.64. The fourth-order valence-electron chi connectivity index (χ4n) is 9.21. The standard InChI is InChI=1S/C35H50N4/c1-33(2,3)38-25-13-9-23(10-14-25)36(38)27-17-19-29-30-20-18-28(22-32(30)35(7,8)31(29)21-27)37-24-11-15-26(16-12-24)39(37)34(4,5)6/h17-26H,9-16H2,1-8H3. The van der Waals surface area contributed by atoms with Gasteiger partial charge in [-0.3, -0.25) is 0 Å². The number of benzene rings is 2. The van der Waals surface area contributed by atoms with E-state index in [2.05, 4.69) is 112 Å². The highest BCUT2D eigenvalue weighted by Crippen LogP contribution is 2.53. The maximum atomic E-state index is 2.73. The van der Waals surface area contributed by atoms with Crippen molar-refractivity contribution >= 4 is 11.4 Å². The van der Waals surface area contributed by atoms with E-state index >= 15 is 0 Å². The lowest BCUT2D eigenvalue weighted by molar-refractivity contribution is -0.0144. The first-order valence-electron chi connectivity index (χ1n) is 15.8. The van der Waals surface area contributed by atoms with Crippen LogP contribution in [0.3, 0.4) is 0 Å². The molecule has 4 saturated heterocycles. The zero-order chi connectivity index (χ0) is 27.5. The molecular weight excluding hydrogens is 476 g/mol. The van der Waals surface area contributed by atoms with Crippen molar-refractivity contribution in [2.24, 2.45) is 0 Å². The van der Waals surface area contributed by atoms with E-state index in [-0.39, 0.29) is 16.5 Å². The van der Waals surface area contributed by atoms with Crippen LogP contribution in [0.1, 0.15) is 118 Å². The fraction of sp³-hybridized carbons (Fsp3) is 0.657. The van der Waals surface area contributed by atoms with Crippen molar-refractivity contribution < 1.29 is 0 Å². The van der Waals surface area contributed by atoms with E-state index in [1.54, 1.807) is 0 Å². The number of rotatable bonds is 2. The van der Waals surface area contributed by atoms with E-state index < -0.39 is 0 Å². The number of hydrogen-bond donors (Lipinski definition) is 0. The summed E-state index contributed by atoms with van der Waals surface area (Å²) in [5.41, 5.74) is 8.89. The fourth-order valence-corrected chi connectivity index (χ4v) is 9.21. The van der Waals surface area contributed by atoms with Gasteiger partial charge in [0.2, 0.25) is 0 Å².